The maximum atomic E-state index is 2.64. The van der Waals surface area contributed by atoms with Gasteiger partial charge in [0.25, 0.3) is 0 Å². The lowest BCUT2D eigenvalue weighted by Crippen LogP contribution is -2.54. The van der Waals surface area contributed by atoms with Crippen LogP contribution >= 0.6 is 0 Å². The molecule has 3 nitrogen and oxygen atoms in total. The van der Waals surface area contributed by atoms with Gasteiger partial charge in [-0.3, -0.25) is 9.80 Å². The van der Waals surface area contributed by atoms with Crippen molar-refractivity contribution in [2.75, 3.05) is 52.4 Å². The van der Waals surface area contributed by atoms with Gasteiger partial charge < -0.3 is 4.90 Å². The second kappa shape index (κ2) is 5.68. The van der Waals surface area contributed by atoms with Crippen LogP contribution in [0.3, 0.4) is 0 Å². The van der Waals surface area contributed by atoms with Crippen LogP contribution in [0.2, 0.25) is 0 Å². The van der Waals surface area contributed by atoms with Crippen LogP contribution < -0.4 is 0 Å². The first-order valence-corrected chi connectivity index (χ1v) is 7.25. The van der Waals surface area contributed by atoms with E-state index in [1.165, 1.54) is 65.2 Å². The highest BCUT2D eigenvalue weighted by molar-refractivity contribution is 4.82. The molecule has 2 aliphatic rings. The molecule has 2 aliphatic heterocycles. The van der Waals surface area contributed by atoms with Gasteiger partial charge in [0.05, 0.1) is 0 Å². The predicted octanol–water partition coefficient (Wildman–Crippen LogP) is 1.50. The number of likely N-dealkylation sites (tertiary alicyclic amines) is 1. The Morgan fingerprint density at radius 1 is 0.706 bits per heavy atom. The van der Waals surface area contributed by atoms with Gasteiger partial charge >= 0.3 is 0 Å². The molecule has 3 heteroatoms. The topological polar surface area (TPSA) is 9.72 Å². The molecule has 2 heterocycles. The highest BCUT2D eigenvalue weighted by atomic mass is 15.3. The molecule has 0 unspecified atom stereocenters. The molecule has 0 radical (unpaired) electrons. The predicted molar refractivity (Wildman–Crippen MR) is 73.4 cm³/mol. The molecule has 2 rings (SSSR count). The fourth-order valence-electron chi connectivity index (χ4n) is 2.93. The fraction of sp³-hybridized carbons (Fsp3) is 1.00. The monoisotopic (exact) mass is 239 g/mol. The summed E-state index contributed by atoms with van der Waals surface area (Å²) in [6.07, 6.45) is 2.83. The van der Waals surface area contributed by atoms with E-state index in [1.807, 2.05) is 0 Å². The van der Waals surface area contributed by atoms with E-state index >= 15 is 0 Å². The summed E-state index contributed by atoms with van der Waals surface area (Å²) in [7, 11) is 0. The van der Waals surface area contributed by atoms with Crippen molar-refractivity contribution >= 4 is 0 Å². The van der Waals surface area contributed by atoms with Crippen molar-refractivity contribution in [2.45, 2.75) is 39.2 Å². The van der Waals surface area contributed by atoms with Crippen LogP contribution in [0.25, 0.3) is 0 Å². The van der Waals surface area contributed by atoms with Gasteiger partial charge in [0.1, 0.15) is 0 Å². The Morgan fingerprint density at radius 2 is 1.18 bits per heavy atom. The average Bonchev–Trinajstić information content (AvgIpc) is 2.78. The van der Waals surface area contributed by atoms with Crippen molar-refractivity contribution in [2.24, 2.45) is 0 Å². The summed E-state index contributed by atoms with van der Waals surface area (Å²) < 4.78 is 0. The quantitative estimate of drug-likeness (QED) is 0.739. The van der Waals surface area contributed by atoms with Crippen LogP contribution in [-0.2, 0) is 0 Å². The highest BCUT2D eigenvalue weighted by Crippen LogP contribution is 2.15. The van der Waals surface area contributed by atoms with Crippen molar-refractivity contribution in [1.82, 2.24) is 14.7 Å². The molecule has 2 fully saturated rings. The van der Waals surface area contributed by atoms with Gasteiger partial charge in [-0.1, -0.05) is 0 Å². The number of piperazine rings is 1. The SMILES string of the molecule is CC(C)(C)N1CCN(CCN2CCCC2)CC1. The minimum absolute atomic E-state index is 0.348. The maximum absolute atomic E-state index is 2.64. The van der Waals surface area contributed by atoms with Crippen molar-refractivity contribution in [3.05, 3.63) is 0 Å². The van der Waals surface area contributed by atoms with Gasteiger partial charge in [0, 0.05) is 44.8 Å². The zero-order valence-electron chi connectivity index (χ0n) is 11.9. The third-order valence-corrected chi connectivity index (χ3v) is 4.25. The van der Waals surface area contributed by atoms with Gasteiger partial charge in [-0.15, -0.1) is 0 Å². The molecule has 0 bridgehead atoms. The number of nitrogens with zero attached hydrogens (tertiary/aromatic N) is 3. The van der Waals surface area contributed by atoms with Crippen LogP contribution in [0.1, 0.15) is 33.6 Å². The van der Waals surface area contributed by atoms with E-state index in [0.717, 1.165) is 0 Å². The number of hydrogen-bond donors (Lipinski definition) is 0. The summed E-state index contributed by atoms with van der Waals surface area (Å²) in [6.45, 7) is 17.2. The van der Waals surface area contributed by atoms with Crippen molar-refractivity contribution in [3.63, 3.8) is 0 Å². The van der Waals surface area contributed by atoms with E-state index < -0.39 is 0 Å². The van der Waals surface area contributed by atoms with Gasteiger partial charge in [0.2, 0.25) is 0 Å². The van der Waals surface area contributed by atoms with Crippen LogP contribution in [0, 0.1) is 0 Å². The smallest absolute Gasteiger partial charge is 0.0126 e. The molecule has 2 saturated heterocycles. The standard InChI is InChI=1S/C14H29N3/c1-14(2,3)17-12-10-16(11-13-17)9-8-15-6-4-5-7-15/h4-13H2,1-3H3. The molecule has 0 amide bonds. The van der Waals surface area contributed by atoms with Crippen LogP contribution in [0.5, 0.6) is 0 Å². The van der Waals surface area contributed by atoms with Gasteiger partial charge in [-0.2, -0.15) is 0 Å². The van der Waals surface area contributed by atoms with Crippen LogP contribution in [0.15, 0.2) is 0 Å². The number of hydrogen-bond acceptors (Lipinski definition) is 3. The third-order valence-electron chi connectivity index (χ3n) is 4.25. The molecule has 0 N–H and O–H groups in total. The fourth-order valence-corrected chi connectivity index (χ4v) is 2.93. The van der Waals surface area contributed by atoms with E-state index in [0.29, 0.717) is 5.54 Å². The van der Waals surface area contributed by atoms with Crippen molar-refractivity contribution in [1.29, 1.82) is 0 Å². The Morgan fingerprint density at radius 3 is 1.65 bits per heavy atom. The van der Waals surface area contributed by atoms with Gasteiger partial charge in [0.15, 0.2) is 0 Å². The Hall–Kier alpha value is -0.120. The van der Waals surface area contributed by atoms with E-state index in [9.17, 15) is 0 Å². The average molecular weight is 239 g/mol. The van der Waals surface area contributed by atoms with Gasteiger partial charge in [-0.05, 0) is 46.7 Å². The molecule has 17 heavy (non-hydrogen) atoms. The van der Waals surface area contributed by atoms with Crippen molar-refractivity contribution < 1.29 is 0 Å². The molecule has 0 aromatic heterocycles. The van der Waals surface area contributed by atoms with Crippen LogP contribution in [-0.4, -0.2) is 72.6 Å². The van der Waals surface area contributed by atoms with Crippen molar-refractivity contribution in [3.8, 4) is 0 Å². The minimum Gasteiger partial charge on any atom is -0.302 e. The molecular weight excluding hydrogens is 210 g/mol. The lowest BCUT2D eigenvalue weighted by atomic mass is 10.1. The summed E-state index contributed by atoms with van der Waals surface area (Å²) in [4.78, 5) is 7.87. The van der Waals surface area contributed by atoms with Crippen LogP contribution in [0.4, 0.5) is 0 Å². The molecule has 0 aliphatic carbocycles. The summed E-state index contributed by atoms with van der Waals surface area (Å²) in [5, 5.41) is 0. The second-order valence-electron chi connectivity index (χ2n) is 6.55. The summed E-state index contributed by atoms with van der Waals surface area (Å²) in [5.41, 5.74) is 0.348. The first-order valence-electron chi connectivity index (χ1n) is 7.25. The second-order valence-corrected chi connectivity index (χ2v) is 6.55. The normalized spacial score (nSPS) is 25.6. The lowest BCUT2D eigenvalue weighted by Gasteiger charge is -2.42. The van der Waals surface area contributed by atoms with E-state index in [-0.39, 0.29) is 0 Å². The lowest BCUT2D eigenvalue weighted by molar-refractivity contribution is 0.0587. The minimum atomic E-state index is 0.348. The Balaban J connectivity index is 1.65. The third kappa shape index (κ3) is 3.94. The molecule has 0 aromatic rings. The summed E-state index contributed by atoms with van der Waals surface area (Å²) in [6, 6.07) is 0. The Bertz CT molecular complexity index is 220. The number of rotatable bonds is 3. The molecule has 0 atom stereocenters. The highest BCUT2D eigenvalue weighted by Gasteiger charge is 2.25. The van der Waals surface area contributed by atoms with E-state index in [2.05, 4.69) is 35.5 Å². The summed E-state index contributed by atoms with van der Waals surface area (Å²) in [5.74, 6) is 0. The zero-order chi connectivity index (χ0) is 12.3. The first kappa shape index (κ1) is 13.3. The maximum Gasteiger partial charge on any atom is 0.0126 e. The first-order chi connectivity index (χ1) is 8.05. The Labute approximate surface area is 107 Å². The molecule has 0 aromatic carbocycles. The Kier molecular flexibility index (Phi) is 4.45. The molecule has 0 saturated carbocycles. The summed E-state index contributed by atoms with van der Waals surface area (Å²) >= 11 is 0. The molecule has 100 valence electrons. The molecular formula is C14H29N3. The van der Waals surface area contributed by atoms with Gasteiger partial charge in [-0.25, -0.2) is 0 Å². The van der Waals surface area contributed by atoms with E-state index in [4.69, 9.17) is 0 Å². The zero-order valence-corrected chi connectivity index (χ0v) is 11.9. The molecule has 0 spiro atoms. The largest absolute Gasteiger partial charge is 0.302 e. The van der Waals surface area contributed by atoms with E-state index in [1.54, 1.807) is 0 Å².